The molecule has 4 aromatic rings. The van der Waals surface area contributed by atoms with Gasteiger partial charge in [-0.3, -0.25) is 13.9 Å². The minimum absolute atomic E-state index is 0.00681. The zero-order valence-corrected chi connectivity index (χ0v) is 19.7. The molecule has 0 bridgehead atoms. The Bertz CT molecular complexity index is 1420. The molecule has 0 radical (unpaired) electrons. The van der Waals surface area contributed by atoms with Gasteiger partial charge in [-0.25, -0.2) is 9.59 Å². The fraction of sp³-hybridized carbons (Fsp3) is 0.174. The first-order valence-electron chi connectivity index (χ1n) is 9.66. The molecule has 0 spiro atoms. The maximum atomic E-state index is 13.0. The Hall–Kier alpha value is -3.17. The van der Waals surface area contributed by atoms with Gasteiger partial charge < -0.3 is 9.47 Å². The SMILES string of the molecule is COc1ccc(Br)cc1COC(=O)c1cc2c(=O)n(Cc3ccccc3)c(=O)n(C)c2s1. The summed E-state index contributed by atoms with van der Waals surface area (Å²) >= 11 is 4.45. The van der Waals surface area contributed by atoms with Crippen LogP contribution in [0, 0.1) is 0 Å². The van der Waals surface area contributed by atoms with Crippen LogP contribution in [0.25, 0.3) is 10.2 Å². The highest BCUT2D eigenvalue weighted by atomic mass is 79.9. The molecular weight excluding hydrogens is 496 g/mol. The molecule has 0 aliphatic rings. The first-order valence-corrected chi connectivity index (χ1v) is 11.3. The van der Waals surface area contributed by atoms with Gasteiger partial charge in [-0.2, -0.15) is 0 Å². The number of ether oxygens (including phenoxy) is 2. The van der Waals surface area contributed by atoms with Gasteiger partial charge in [0.1, 0.15) is 22.1 Å². The van der Waals surface area contributed by atoms with Crippen molar-refractivity contribution in [2.45, 2.75) is 13.2 Å². The fourth-order valence-corrected chi connectivity index (χ4v) is 4.77. The predicted octanol–water partition coefficient (Wildman–Crippen LogP) is 3.94. The van der Waals surface area contributed by atoms with Crippen LogP contribution in [0.3, 0.4) is 0 Å². The van der Waals surface area contributed by atoms with E-state index in [1.54, 1.807) is 20.2 Å². The number of fused-ring (bicyclic) bond motifs is 1. The lowest BCUT2D eigenvalue weighted by atomic mass is 10.2. The predicted molar refractivity (Wildman–Crippen MR) is 127 cm³/mol. The van der Waals surface area contributed by atoms with Crippen LogP contribution in [0.15, 0.2) is 68.7 Å². The van der Waals surface area contributed by atoms with Crippen molar-refractivity contribution in [3.05, 3.63) is 95.9 Å². The summed E-state index contributed by atoms with van der Waals surface area (Å²) in [6, 6.07) is 16.2. The molecule has 0 amide bonds. The van der Waals surface area contributed by atoms with E-state index in [9.17, 15) is 14.4 Å². The van der Waals surface area contributed by atoms with Crippen molar-refractivity contribution in [1.29, 1.82) is 0 Å². The molecular formula is C23H19BrN2O5S. The van der Waals surface area contributed by atoms with E-state index in [2.05, 4.69) is 15.9 Å². The molecule has 0 saturated heterocycles. The molecule has 0 atom stereocenters. The first-order chi connectivity index (χ1) is 15.4. The summed E-state index contributed by atoms with van der Waals surface area (Å²) in [7, 11) is 3.13. The second-order valence-electron chi connectivity index (χ2n) is 7.08. The molecule has 7 nitrogen and oxygen atoms in total. The van der Waals surface area contributed by atoms with Gasteiger partial charge in [0.2, 0.25) is 0 Å². The van der Waals surface area contributed by atoms with Crippen molar-refractivity contribution in [1.82, 2.24) is 9.13 Å². The zero-order valence-electron chi connectivity index (χ0n) is 17.3. The summed E-state index contributed by atoms with van der Waals surface area (Å²) in [6.45, 7) is 0.160. The van der Waals surface area contributed by atoms with Gasteiger partial charge in [0.15, 0.2) is 0 Å². The smallest absolute Gasteiger partial charge is 0.348 e. The average Bonchev–Trinajstić information content (AvgIpc) is 3.26. The Morgan fingerprint density at radius 1 is 1.09 bits per heavy atom. The van der Waals surface area contributed by atoms with Crippen molar-refractivity contribution in [2.24, 2.45) is 7.05 Å². The van der Waals surface area contributed by atoms with Gasteiger partial charge in [-0.15, -0.1) is 11.3 Å². The summed E-state index contributed by atoms with van der Waals surface area (Å²) in [5, 5.41) is 0.306. The highest BCUT2D eigenvalue weighted by molar-refractivity contribution is 9.10. The van der Waals surface area contributed by atoms with Gasteiger partial charge in [0.25, 0.3) is 5.56 Å². The number of carbonyl (C=O) groups is 1. The molecule has 2 heterocycles. The summed E-state index contributed by atoms with van der Waals surface area (Å²) < 4.78 is 14.1. The molecule has 9 heteroatoms. The van der Waals surface area contributed by atoms with Gasteiger partial charge in [-0.05, 0) is 29.8 Å². The molecule has 0 aliphatic carbocycles. The number of halogens is 1. The van der Waals surface area contributed by atoms with Gasteiger partial charge in [0, 0.05) is 17.1 Å². The third-order valence-electron chi connectivity index (χ3n) is 5.00. The van der Waals surface area contributed by atoms with E-state index < -0.39 is 17.2 Å². The van der Waals surface area contributed by atoms with E-state index in [0.29, 0.717) is 21.5 Å². The van der Waals surface area contributed by atoms with Crippen LogP contribution in [0.2, 0.25) is 0 Å². The Labute approximate surface area is 195 Å². The molecule has 2 aromatic carbocycles. The highest BCUT2D eigenvalue weighted by Crippen LogP contribution is 2.26. The zero-order chi connectivity index (χ0) is 22.8. The van der Waals surface area contributed by atoms with Crippen molar-refractivity contribution in [3.63, 3.8) is 0 Å². The molecule has 32 heavy (non-hydrogen) atoms. The van der Waals surface area contributed by atoms with Crippen LogP contribution in [-0.2, 0) is 24.9 Å². The number of benzene rings is 2. The number of aryl methyl sites for hydroxylation is 1. The maximum absolute atomic E-state index is 13.0. The van der Waals surface area contributed by atoms with Crippen LogP contribution >= 0.6 is 27.3 Å². The van der Waals surface area contributed by atoms with Crippen LogP contribution < -0.4 is 16.0 Å². The Morgan fingerprint density at radius 3 is 2.56 bits per heavy atom. The Kier molecular flexibility index (Phi) is 6.29. The second kappa shape index (κ2) is 9.13. The first kappa shape index (κ1) is 22.0. The van der Waals surface area contributed by atoms with Crippen molar-refractivity contribution in [3.8, 4) is 5.75 Å². The number of hydrogen-bond acceptors (Lipinski definition) is 6. The summed E-state index contributed by atoms with van der Waals surface area (Å²) in [5.74, 6) is 0.0261. The molecule has 0 fully saturated rings. The largest absolute Gasteiger partial charge is 0.496 e. The summed E-state index contributed by atoms with van der Waals surface area (Å²) in [6.07, 6.45) is 0. The third-order valence-corrected chi connectivity index (χ3v) is 6.68. The molecule has 0 saturated carbocycles. The van der Waals surface area contributed by atoms with E-state index in [0.717, 1.165) is 21.4 Å². The quantitative estimate of drug-likeness (QED) is 0.364. The molecule has 4 rings (SSSR count). The number of esters is 1. The average molecular weight is 515 g/mol. The number of nitrogens with zero attached hydrogens (tertiary/aromatic N) is 2. The lowest BCUT2D eigenvalue weighted by Crippen LogP contribution is -2.38. The number of thiophene rings is 1. The summed E-state index contributed by atoms with van der Waals surface area (Å²) in [4.78, 5) is 39.2. The third kappa shape index (κ3) is 4.26. The topological polar surface area (TPSA) is 79.5 Å². The molecule has 0 unspecified atom stereocenters. The van der Waals surface area contributed by atoms with E-state index >= 15 is 0 Å². The lowest BCUT2D eigenvalue weighted by Gasteiger charge is -2.09. The monoisotopic (exact) mass is 514 g/mol. The van der Waals surface area contributed by atoms with Crippen LogP contribution in [0.5, 0.6) is 5.75 Å². The Morgan fingerprint density at radius 2 is 1.84 bits per heavy atom. The van der Waals surface area contributed by atoms with E-state index in [4.69, 9.17) is 9.47 Å². The van der Waals surface area contributed by atoms with E-state index in [1.165, 1.54) is 15.2 Å². The van der Waals surface area contributed by atoms with Gasteiger partial charge >= 0.3 is 11.7 Å². The number of hydrogen-bond donors (Lipinski definition) is 0. The van der Waals surface area contributed by atoms with Crippen LogP contribution in [-0.4, -0.2) is 22.2 Å². The number of carbonyl (C=O) groups excluding carboxylic acids is 1. The van der Waals surface area contributed by atoms with Crippen molar-refractivity contribution < 1.29 is 14.3 Å². The Balaban J connectivity index is 1.65. The summed E-state index contributed by atoms with van der Waals surface area (Å²) in [5.41, 5.74) is 0.667. The highest BCUT2D eigenvalue weighted by Gasteiger charge is 2.19. The fourth-order valence-electron chi connectivity index (χ4n) is 3.36. The molecule has 2 aromatic heterocycles. The molecule has 0 N–H and O–H groups in total. The normalized spacial score (nSPS) is 11.0. The number of aromatic nitrogens is 2. The van der Waals surface area contributed by atoms with Crippen molar-refractivity contribution >= 4 is 43.5 Å². The number of methoxy groups -OCH3 is 1. The standard InChI is InChI=1S/C23H19BrN2O5S/c1-25-21-17(20(27)26(23(25)29)12-14-6-4-3-5-7-14)11-19(32-21)22(28)31-13-15-10-16(24)8-9-18(15)30-2/h3-11H,12-13H2,1-2H3. The second-order valence-corrected chi connectivity index (χ2v) is 9.03. The lowest BCUT2D eigenvalue weighted by molar-refractivity contribution is 0.0476. The van der Waals surface area contributed by atoms with E-state index in [-0.39, 0.29) is 18.0 Å². The van der Waals surface area contributed by atoms with Crippen LogP contribution in [0.4, 0.5) is 0 Å². The van der Waals surface area contributed by atoms with Gasteiger partial charge in [-0.1, -0.05) is 46.3 Å². The van der Waals surface area contributed by atoms with E-state index in [1.807, 2.05) is 42.5 Å². The van der Waals surface area contributed by atoms with Crippen molar-refractivity contribution in [2.75, 3.05) is 7.11 Å². The minimum atomic E-state index is -0.574. The molecule has 164 valence electrons. The maximum Gasteiger partial charge on any atom is 0.348 e. The van der Waals surface area contributed by atoms with Crippen LogP contribution in [0.1, 0.15) is 20.8 Å². The minimum Gasteiger partial charge on any atom is -0.496 e. The molecule has 0 aliphatic heterocycles. The number of rotatable bonds is 6. The van der Waals surface area contributed by atoms with Gasteiger partial charge in [0.05, 0.1) is 19.0 Å².